The van der Waals surface area contributed by atoms with Gasteiger partial charge in [-0.1, -0.05) is 67.4 Å². The van der Waals surface area contributed by atoms with Gasteiger partial charge in [-0.15, -0.1) is 0 Å². The van der Waals surface area contributed by atoms with Gasteiger partial charge in [-0.3, -0.25) is 9.78 Å². The lowest BCUT2D eigenvalue weighted by Crippen LogP contribution is -2.30. The molecule has 4 rings (SSSR count). The summed E-state index contributed by atoms with van der Waals surface area (Å²) in [6, 6.07) is 20.6. The molecule has 0 saturated heterocycles. The van der Waals surface area contributed by atoms with Crippen LogP contribution >= 0.6 is 11.6 Å². The van der Waals surface area contributed by atoms with Crippen LogP contribution in [0.2, 0.25) is 5.15 Å². The fourth-order valence-corrected chi connectivity index (χ4v) is 3.71. The summed E-state index contributed by atoms with van der Waals surface area (Å²) in [5.41, 5.74) is 1.86. The first-order valence-electron chi connectivity index (χ1n) is 10.6. The molecule has 4 aromatic rings. The molecule has 0 spiro atoms. The molecule has 1 unspecified atom stereocenters. The summed E-state index contributed by atoms with van der Waals surface area (Å²) in [7, 11) is 0. The predicted molar refractivity (Wildman–Crippen MR) is 127 cm³/mol. The number of aromatic nitrogens is 2. The second-order valence-corrected chi connectivity index (χ2v) is 7.83. The summed E-state index contributed by atoms with van der Waals surface area (Å²) in [5.74, 6) is 0.515. The van der Waals surface area contributed by atoms with Crippen molar-refractivity contribution in [3.05, 3.63) is 101 Å². The normalized spacial score (nSPS) is 11.8. The average Bonchev–Trinajstić information content (AvgIpc) is 2.83. The van der Waals surface area contributed by atoms with Crippen molar-refractivity contribution in [2.75, 3.05) is 6.61 Å². The molecule has 1 aromatic heterocycles. The molecule has 0 radical (unpaired) electrons. The second kappa shape index (κ2) is 10.2. The van der Waals surface area contributed by atoms with Gasteiger partial charge in [-0.05, 0) is 47.0 Å². The number of fused-ring (bicyclic) bond motifs is 1. The third-order valence-corrected chi connectivity index (χ3v) is 5.49. The molecule has 0 saturated carbocycles. The van der Waals surface area contributed by atoms with Crippen molar-refractivity contribution in [1.29, 1.82) is 0 Å². The van der Waals surface area contributed by atoms with Gasteiger partial charge in [0.05, 0.1) is 6.61 Å². The fraction of sp³-hybridized carbons (Fsp3) is 0.192. The Balaban J connectivity index is 1.66. The molecular weight excluding hydrogens is 422 g/mol. The molecule has 1 amide bonds. The van der Waals surface area contributed by atoms with Crippen molar-refractivity contribution in [1.82, 2.24) is 15.3 Å². The van der Waals surface area contributed by atoms with Gasteiger partial charge in [0.2, 0.25) is 0 Å². The zero-order chi connectivity index (χ0) is 22.3. The summed E-state index contributed by atoms with van der Waals surface area (Å²) in [6.45, 7) is 2.76. The first-order valence-corrected chi connectivity index (χ1v) is 11.0. The molecule has 1 heterocycles. The van der Waals surface area contributed by atoms with Gasteiger partial charge < -0.3 is 10.1 Å². The van der Waals surface area contributed by atoms with Gasteiger partial charge in [0.25, 0.3) is 5.91 Å². The molecule has 6 heteroatoms. The maximum absolute atomic E-state index is 13.2. The zero-order valence-electron chi connectivity index (χ0n) is 17.8. The van der Waals surface area contributed by atoms with Crippen LogP contribution in [0.4, 0.5) is 0 Å². The number of nitrogens with one attached hydrogen (secondary N) is 1. The van der Waals surface area contributed by atoms with E-state index in [1.807, 2.05) is 66.7 Å². The maximum Gasteiger partial charge on any atom is 0.252 e. The highest BCUT2D eigenvalue weighted by Gasteiger charge is 2.23. The molecule has 1 N–H and O–H groups in total. The minimum Gasteiger partial charge on any atom is -0.494 e. The van der Waals surface area contributed by atoms with Crippen LogP contribution in [0.25, 0.3) is 10.8 Å². The van der Waals surface area contributed by atoms with Crippen LogP contribution in [-0.4, -0.2) is 22.5 Å². The number of hydrogen-bond donors (Lipinski definition) is 1. The molecule has 5 nitrogen and oxygen atoms in total. The molecule has 162 valence electrons. The lowest BCUT2D eigenvalue weighted by Gasteiger charge is -2.20. The summed E-state index contributed by atoms with van der Waals surface area (Å²) in [6.07, 6.45) is 5.12. The van der Waals surface area contributed by atoms with Gasteiger partial charge in [0.1, 0.15) is 17.5 Å². The SMILES string of the molecule is CCCCOc1cccc(C(NC(=O)c2ccc3ccccc3c2)c2nccnc2Cl)c1. The molecule has 0 aliphatic carbocycles. The Morgan fingerprint density at radius 3 is 2.62 bits per heavy atom. The van der Waals surface area contributed by atoms with Gasteiger partial charge >= 0.3 is 0 Å². The number of unbranched alkanes of at least 4 members (excludes halogenated alkanes) is 1. The van der Waals surface area contributed by atoms with E-state index in [4.69, 9.17) is 16.3 Å². The van der Waals surface area contributed by atoms with E-state index in [9.17, 15) is 4.79 Å². The van der Waals surface area contributed by atoms with E-state index in [0.29, 0.717) is 17.9 Å². The number of nitrogens with zero attached hydrogens (tertiary/aromatic N) is 2. The van der Waals surface area contributed by atoms with E-state index in [1.54, 1.807) is 6.20 Å². The number of benzene rings is 3. The Kier molecular flexibility index (Phi) is 6.97. The minimum absolute atomic E-state index is 0.222. The number of halogens is 1. The Morgan fingerprint density at radius 2 is 1.81 bits per heavy atom. The number of amides is 1. The average molecular weight is 446 g/mol. The molecule has 0 bridgehead atoms. The number of carbonyl (C=O) groups is 1. The quantitative estimate of drug-likeness (QED) is 0.339. The third kappa shape index (κ3) is 5.06. The van der Waals surface area contributed by atoms with Gasteiger partial charge in [-0.2, -0.15) is 0 Å². The molecule has 32 heavy (non-hydrogen) atoms. The van der Waals surface area contributed by atoms with Crippen LogP contribution in [0.5, 0.6) is 5.75 Å². The topological polar surface area (TPSA) is 64.1 Å². The van der Waals surface area contributed by atoms with E-state index >= 15 is 0 Å². The van der Waals surface area contributed by atoms with Crippen molar-refractivity contribution in [3.63, 3.8) is 0 Å². The van der Waals surface area contributed by atoms with Crippen LogP contribution in [0.15, 0.2) is 79.1 Å². The van der Waals surface area contributed by atoms with Crippen molar-refractivity contribution in [2.45, 2.75) is 25.8 Å². The Morgan fingerprint density at radius 1 is 1.00 bits per heavy atom. The summed E-state index contributed by atoms with van der Waals surface area (Å²) >= 11 is 6.36. The first-order chi connectivity index (χ1) is 15.7. The Labute approximate surface area is 192 Å². The number of ether oxygens (including phenoxy) is 1. The van der Waals surface area contributed by atoms with Crippen molar-refractivity contribution in [2.24, 2.45) is 0 Å². The van der Waals surface area contributed by atoms with Crippen LogP contribution in [-0.2, 0) is 0 Å². The van der Waals surface area contributed by atoms with Crippen LogP contribution in [0.3, 0.4) is 0 Å². The van der Waals surface area contributed by atoms with Gasteiger partial charge in [-0.25, -0.2) is 4.98 Å². The summed E-state index contributed by atoms with van der Waals surface area (Å²) < 4.78 is 5.86. The van der Waals surface area contributed by atoms with E-state index < -0.39 is 6.04 Å². The number of carbonyl (C=O) groups excluding carboxylic acids is 1. The monoisotopic (exact) mass is 445 g/mol. The molecular formula is C26H24ClN3O2. The number of hydrogen-bond acceptors (Lipinski definition) is 4. The Bertz CT molecular complexity index is 1230. The van der Waals surface area contributed by atoms with Crippen molar-refractivity contribution < 1.29 is 9.53 Å². The smallest absolute Gasteiger partial charge is 0.252 e. The molecule has 0 aliphatic heterocycles. The van der Waals surface area contributed by atoms with E-state index in [2.05, 4.69) is 22.2 Å². The van der Waals surface area contributed by atoms with Gasteiger partial charge in [0.15, 0.2) is 5.15 Å². The highest BCUT2D eigenvalue weighted by Crippen LogP contribution is 2.28. The summed E-state index contributed by atoms with van der Waals surface area (Å²) in [4.78, 5) is 21.8. The predicted octanol–water partition coefficient (Wildman–Crippen LogP) is 5.98. The first kappa shape index (κ1) is 21.8. The highest BCUT2D eigenvalue weighted by atomic mass is 35.5. The van der Waals surface area contributed by atoms with Gasteiger partial charge in [0, 0.05) is 18.0 Å². The van der Waals surface area contributed by atoms with Crippen molar-refractivity contribution >= 4 is 28.3 Å². The third-order valence-electron chi connectivity index (χ3n) is 5.20. The molecule has 0 aliphatic rings. The minimum atomic E-state index is -0.579. The molecule has 0 fully saturated rings. The highest BCUT2D eigenvalue weighted by molar-refractivity contribution is 6.30. The lowest BCUT2D eigenvalue weighted by atomic mass is 10.0. The number of rotatable bonds is 8. The van der Waals surface area contributed by atoms with E-state index in [1.165, 1.54) is 6.20 Å². The van der Waals surface area contributed by atoms with Crippen LogP contribution in [0.1, 0.15) is 47.4 Å². The maximum atomic E-state index is 13.2. The Hall–Kier alpha value is -3.44. The zero-order valence-corrected chi connectivity index (χ0v) is 18.5. The lowest BCUT2D eigenvalue weighted by molar-refractivity contribution is 0.0942. The van der Waals surface area contributed by atoms with E-state index in [-0.39, 0.29) is 11.1 Å². The van der Waals surface area contributed by atoms with Crippen molar-refractivity contribution in [3.8, 4) is 5.75 Å². The largest absolute Gasteiger partial charge is 0.494 e. The fourth-order valence-electron chi connectivity index (χ4n) is 3.50. The molecule has 1 atom stereocenters. The van der Waals surface area contributed by atoms with Crippen LogP contribution in [0, 0.1) is 0 Å². The standard InChI is InChI=1S/C26H24ClN3O2/c1-2-3-15-32-22-10-6-9-20(17-22)23(24-25(27)29-14-13-28-24)30-26(31)21-12-11-18-7-4-5-8-19(18)16-21/h4-14,16-17,23H,2-3,15H2,1H3,(H,30,31). The summed E-state index contributed by atoms with van der Waals surface area (Å²) in [5, 5.41) is 5.41. The second-order valence-electron chi connectivity index (χ2n) is 7.48. The van der Waals surface area contributed by atoms with E-state index in [0.717, 1.165) is 34.9 Å². The molecule has 3 aromatic carbocycles. The van der Waals surface area contributed by atoms with Crippen LogP contribution < -0.4 is 10.1 Å².